The van der Waals surface area contributed by atoms with Gasteiger partial charge < -0.3 is 19.1 Å². The first kappa shape index (κ1) is 25.1. The molecule has 7 nitrogen and oxygen atoms in total. The Bertz CT molecular complexity index is 1570. The minimum absolute atomic E-state index is 0.0233. The number of aliphatic hydroxyl groups is 1. The molecule has 7 heteroatoms. The second-order valence-corrected chi connectivity index (χ2v) is 9.82. The van der Waals surface area contributed by atoms with E-state index in [1.54, 1.807) is 55.6 Å². The zero-order valence-electron chi connectivity index (χ0n) is 21.8. The van der Waals surface area contributed by atoms with E-state index in [0.717, 1.165) is 16.5 Å². The summed E-state index contributed by atoms with van der Waals surface area (Å²) in [5.74, 6) is -0.266. The molecule has 1 aliphatic heterocycles. The zero-order valence-corrected chi connectivity index (χ0v) is 21.8. The van der Waals surface area contributed by atoms with E-state index in [0.29, 0.717) is 35.3 Å². The van der Waals surface area contributed by atoms with E-state index in [2.05, 4.69) is 0 Å². The topological polar surface area (TPSA) is 81.0 Å². The maximum Gasteiger partial charge on any atom is 0.300 e. The monoisotopic (exact) mass is 510 g/mol. The van der Waals surface area contributed by atoms with Gasteiger partial charge in [-0.1, -0.05) is 50.2 Å². The smallest absolute Gasteiger partial charge is 0.300 e. The van der Waals surface area contributed by atoms with E-state index in [-0.39, 0.29) is 11.3 Å². The molecular weight excluding hydrogens is 480 g/mol. The number of methoxy groups -OCH3 is 1. The molecule has 194 valence electrons. The van der Waals surface area contributed by atoms with Crippen molar-refractivity contribution in [3.8, 4) is 11.5 Å². The molecule has 1 fully saturated rings. The van der Waals surface area contributed by atoms with Crippen LogP contribution in [0.1, 0.15) is 31.0 Å². The summed E-state index contributed by atoms with van der Waals surface area (Å²) in [4.78, 5) is 28.6. The Morgan fingerprint density at radius 2 is 1.71 bits per heavy atom. The molecule has 1 N–H and O–H groups in total. The minimum Gasteiger partial charge on any atom is -0.507 e. The normalized spacial score (nSPS) is 17.0. The first-order valence-electron chi connectivity index (χ1n) is 12.5. The summed E-state index contributed by atoms with van der Waals surface area (Å²) < 4.78 is 13.2. The van der Waals surface area contributed by atoms with Crippen molar-refractivity contribution in [1.29, 1.82) is 0 Å². The number of hydrogen-bond acceptors (Lipinski definition) is 5. The van der Waals surface area contributed by atoms with Crippen LogP contribution in [0, 0.1) is 5.92 Å². The highest BCUT2D eigenvalue weighted by molar-refractivity contribution is 6.52. The Kier molecular flexibility index (Phi) is 6.68. The number of ketones is 1. The number of aliphatic hydroxyl groups excluding tert-OH is 1. The van der Waals surface area contributed by atoms with Crippen molar-refractivity contribution in [1.82, 2.24) is 4.57 Å². The van der Waals surface area contributed by atoms with Gasteiger partial charge >= 0.3 is 0 Å². The minimum atomic E-state index is -0.853. The van der Waals surface area contributed by atoms with Crippen LogP contribution in [-0.2, 0) is 16.6 Å². The molecule has 1 atom stereocenters. The second kappa shape index (κ2) is 10.1. The van der Waals surface area contributed by atoms with Crippen LogP contribution in [0.5, 0.6) is 11.5 Å². The number of aromatic nitrogens is 1. The molecule has 38 heavy (non-hydrogen) atoms. The van der Waals surface area contributed by atoms with Gasteiger partial charge in [0.05, 0.1) is 25.3 Å². The molecule has 1 saturated heterocycles. The lowest BCUT2D eigenvalue weighted by molar-refractivity contribution is -0.132. The highest BCUT2D eigenvalue weighted by Crippen LogP contribution is 2.45. The summed E-state index contributed by atoms with van der Waals surface area (Å²) in [6.45, 7) is 4.61. The lowest BCUT2D eigenvalue weighted by Crippen LogP contribution is -2.29. The summed E-state index contributed by atoms with van der Waals surface area (Å²) in [5.41, 5.74) is 2.61. The molecule has 1 unspecified atom stereocenters. The van der Waals surface area contributed by atoms with Crippen molar-refractivity contribution in [3.63, 3.8) is 0 Å². The van der Waals surface area contributed by atoms with Crippen LogP contribution in [0.3, 0.4) is 0 Å². The Morgan fingerprint density at radius 3 is 2.47 bits per heavy atom. The van der Waals surface area contributed by atoms with Gasteiger partial charge in [0.15, 0.2) is 0 Å². The van der Waals surface area contributed by atoms with Gasteiger partial charge in [-0.05, 0) is 36.2 Å². The number of nitrogens with zero attached hydrogens (tertiary/aromatic N) is 2. The molecule has 3 aromatic carbocycles. The van der Waals surface area contributed by atoms with E-state index in [9.17, 15) is 14.7 Å². The molecule has 0 aliphatic carbocycles. The molecule has 4 aromatic rings. The van der Waals surface area contributed by atoms with Crippen molar-refractivity contribution in [2.75, 3.05) is 18.6 Å². The molecule has 2 heterocycles. The predicted molar refractivity (Wildman–Crippen MR) is 147 cm³/mol. The molecule has 1 aromatic heterocycles. The van der Waals surface area contributed by atoms with Gasteiger partial charge in [-0.2, -0.15) is 0 Å². The van der Waals surface area contributed by atoms with Gasteiger partial charge in [0.25, 0.3) is 11.7 Å². The Hall–Kier alpha value is -4.52. The number of fused-ring (bicyclic) bond motifs is 1. The van der Waals surface area contributed by atoms with Crippen LogP contribution >= 0.6 is 0 Å². The highest BCUT2D eigenvalue weighted by atomic mass is 16.5. The number of para-hydroxylation sites is 1. The first-order chi connectivity index (χ1) is 18.3. The van der Waals surface area contributed by atoms with Crippen LogP contribution in [0.15, 0.2) is 84.6 Å². The van der Waals surface area contributed by atoms with E-state index in [4.69, 9.17) is 9.47 Å². The maximum absolute atomic E-state index is 13.6. The second-order valence-electron chi connectivity index (χ2n) is 9.82. The van der Waals surface area contributed by atoms with Crippen LogP contribution in [0.4, 0.5) is 5.69 Å². The molecular formula is C31H30N2O5. The van der Waals surface area contributed by atoms with Gasteiger partial charge in [-0.15, -0.1) is 0 Å². The number of benzene rings is 3. The molecule has 5 rings (SSSR count). The molecule has 0 saturated carbocycles. The van der Waals surface area contributed by atoms with E-state index < -0.39 is 17.7 Å². The van der Waals surface area contributed by atoms with Gasteiger partial charge in [0.2, 0.25) is 0 Å². The number of ether oxygens (including phenoxy) is 2. The Balaban J connectivity index is 1.72. The Morgan fingerprint density at radius 1 is 0.974 bits per heavy atom. The third kappa shape index (κ3) is 4.41. The zero-order chi connectivity index (χ0) is 27.0. The average molecular weight is 511 g/mol. The fourth-order valence-corrected chi connectivity index (χ4v) is 4.90. The van der Waals surface area contributed by atoms with Crippen LogP contribution in [0.25, 0.3) is 16.7 Å². The first-order valence-corrected chi connectivity index (χ1v) is 12.5. The number of carbonyl (C=O) groups is 2. The number of carbonyl (C=O) groups excluding carboxylic acids is 2. The van der Waals surface area contributed by atoms with Crippen molar-refractivity contribution in [3.05, 3.63) is 95.7 Å². The van der Waals surface area contributed by atoms with Crippen LogP contribution in [-0.4, -0.2) is 35.1 Å². The number of hydrogen-bond donors (Lipinski definition) is 1. The summed E-state index contributed by atoms with van der Waals surface area (Å²) >= 11 is 0. The maximum atomic E-state index is 13.6. The van der Waals surface area contributed by atoms with Gasteiger partial charge in [-0.3, -0.25) is 14.5 Å². The number of amides is 1. The standard InChI is InChI=1S/C31H30N2O5/c1-19(2)18-38-23-12-7-9-20(15-23)29(34)27-28(25-17-32(3)26-14-6-5-13-24(25)26)33(31(36)30(27)35)21-10-8-11-22(16-21)37-4/h5-17,19,28,34H,18H2,1-4H3/b29-27+. The lowest BCUT2D eigenvalue weighted by atomic mass is 9.94. The summed E-state index contributed by atoms with van der Waals surface area (Å²) in [6, 6.07) is 20.9. The number of anilines is 1. The van der Waals surface area contributed by atoms with E-state index in [1.165, 1.54) is 4.90 Å². The third-order valence-corrected chi connectivity index (χ3v) is 6.69. The van der Waals surface area contributed by atoms with E-state index in [1.807, 2.05) is 55.9 Å². The molecule has 0 radical (unpaired) electrons. The molecule has 0 spiro atoms. The summed E-state index contributed by atoms with van der Waals surface area (Å²) in [6.07, 6.45) is 1.91. The predicted octanol–water partition coefficient (Wildman–Crippen LogP) is 5.85. The van der Waals surface area contributed by atoms with Crippen LogP contribution in [0.2, 0.25) is 0 Å². The average Bonchev–Trinajstić information content (AvgIpc) is 3.40. The number of Topliss-reactive ketones (excluding diaryl/α,β-unsaturated/α-hetero) is 1. The summed E-state index contributed by atoms with van der Waals surface area (Å²) in [7, 11) is 3.46. The van der Waals surface area contributed by atoms with Crippen molar-refractivity contribution in [2.45, 2.75) is 19.9 Å². The highest BCUT2D eigenvalue weighted by Gasteiger charge is 2.48. The molecule has 0 bridgehead atoms. The van der Waals surface area contributed by atoms with E-state index >= 15 is 0 Å². The van der Waals surface area contributed by atoms with Gasteiger partial charge in [0.1, 0.15) is 17.3 Å². The number of aryl methyl sites for hydroxylation is 1. The number of rotatable bonds is 7. The lowest BCUT2D eigenvalue weighted by Gasteiger charge is -2.25. The largest absolute Gasteiger partial charge is 0.507 e. The molecule has 1 amide bonds. The third-order valence-electron chi connectivity index (χ3n) is 6.69. The van der Waals surface area contributed by atoms with Crippen molar-refractivity contribution < 1.29 is 24.2 Å². The fourth-order valence-electron chi connectivity index (χ4n) is 4.90. The fraction of sp³-hybridized carbons (Fsp3) is 0.226. The van der Waals surface area contributed by atoms with Crippen molar-refractivity contribution in [2.24, 2.45) is 13.0 Å². The Labute approximate surface area is 221 Å². The summed E-state index contributed by atoms with van der Waals surface area (Å²) in [5, 5.41) is 12.5. The molecule has 1 aliphatic rings. The van der Waals surface area contributed by atoms with Gasteiger partial charge in [0, 0.05) is 47.0 Å². The SMILES string of the molecule is COc1cccc(N2C(=O)C(=O)/C(=C(/O)c3cccc(OCC(C)C)c3)C2c2cn(C)c3ccccc23)c1. The van der Waals surface area contributed by atoms with Gasteiger partial charge in [-0.25, -0.2) is 0 Å². The van der Waals surface area contributed by atoms with Crippen LogP contribution < -0.4 is 14.4 Å². The quantitative estimate of drug-likeness (QED) is 0.192. The van der Waals surface area contributed by atoms with Crippen molar-refractivity contribution >= 4 is 34.0 Å².